The maximum Gasteiger partial charge on any atom is 0.321 e. The summed E-state index contributed by atoms with van der Waals surface area (Å²) in [7, 11) is 0. The smallest absolute Gasteiger partial charge is 0.321 e. The molecule has 0 amide bonds. The van der Waals surface area contributed by atoms with Crippen LogP contribution in [-0.2, 0) is 30.7 Å². The first kappa shape index (κ1) is 23.4. The van der Waals surface area contributed by atoms with E-state index in [1.165, 1.54) is 0 Å². The summed E-state index contributed by atoms with van der Waals surface area (Å²) < 4.78 is 0. The minimum atomic E-state index is -1.44. The number of nitrogens with two attached hydrogens (primary N) is 1. The van der Waals surface area contributed by atoms with Crippen LogP contribution >= 0.6 is 0 Å². The molecular weight excluding hydrogens is 377 g/mol. The van der Waals surface area contributed by atoms with E-state index in [2.05, 4.69) is 0 Å². The van der Waals surface area contributed by atoms with Crippen LogP contribution in [0.2, 0.25) is 0 Å². The van der Waals surface area contributed by atoms with E-state index in [9.17, 15) is 9.59 Å². The van der Waals surface area contributed by atoms with Crippen LogP contribution in [0.3, 0.4) is 0 Å². The Bertz CT molecular complexity index is 177. The van der Waals surface area contributed by atoms with E-state index in [4.69, 9.17) is 10.2 Å². The van der Waals surface area contributed by atoms with Gasteiger partial charge in [0.1, 0.15) is 0 Å². The maximum absolute atomic E-state index is 10.4. The first-order chi connectivity index (χ1) is 4.59. The summed E-state index contributed by atoms with van der Waals surface area (Å²) in [5.41, 5.74) is -1.44. The van der Waals surface area contributed by atoms with Gasteiger partial charge in [-0.15, -0.1) is 0 Å². The molecule has 1 aliphatic rings. The van der Waals surface area contributed by atoms with Crippen LogP contribution in [-0.4, -0.2) is 33.1 Å². The number of aliphatic carboxylic acids is 2. The van der Waals surface area contributed by atoms with Crippen LogP contribution in [0.4, 0.5) is 0 Å². The molecule has 0 spiro atoms. The van der Waals surface area contributed by atoms with Crippen LogP contribution in [0.15, 0.2) is 0 Å². The molecule has 1 fully saturated rings. The van der Waals surface area contributed by atoms with Crippen LogP contribution in [0.1, 0.15) is 19.3 Å². The van der Waals surface area contributed by atoms with Crippen molar-refractivity contribution in [2.45, 2.75) is 19.3 Å². The molecule has 7 nitrogen and oxygen atoms in total. The number of rotatable bonds is 2. The zero-order chi connectivity index (χ0) is 7.78. The van der Waals surface area contributed by atoms with Crippen molar-refractivity contribution in [3.63, 3.8) is 0 Å². The summed E-state index contributed by atoms with van der Waals surface area (Å²) in [6.45, 7) is 0. The average molecular weight is 391 g/mol. The van der Waals surface area contributed by atoms with Gasteiger partial charge >= 0.3 is 11.9 Å². The minimum Gasteiger partial charge on any atom is -0.693 e. The molecule has 0 bridgehead atoms. The van der Waals surface area contributed by atoms with Gasteiger partial charge in [0.2, 0.25) is 0 Å². The standard InChI is InChI=1S/C6H8O4.H2N.2H2O.Pt/c7-4(8)6(5(9)10)2-1-3-6;;;;/h1-3H2,(H,7,8)(H,9,10);3*1H2;/q;-1;;;. The van der Waals surface area contributed by atoms with Crippen molar-refractivity contribution in [2.24, 2.45) is 5.41 Å². The number of carboxylic acid groups (broad SMARTS) is 2. The van der Waals surface area contributed by atoms with E-state index >= 15 is 0 Å². The van der Waals surface area contributed by atoms with Gasteiger partial charge in [0, 0.05) is 21.1 Å². The molecular formula is C6H14NO6Pt-. The maximum atomic E-state index is 10.4. The van der Waals surface area contributed by atoms with Crippen molar-refractivity contribution in [1.82, 2.24) is 0 Å². The van der Waals surface area contributed by atoms with Crippen LogP contribution < -0.4 is 0 Å². The Labute approximate surface area is 95.0 Å². The molecule has 0 aromatic carbocycles. The van der Waals surface area contributed by atoms with Gasteiger partial charge in [-0.3, -0.25) is 9.59 Å². The van der Waals surface area contributed by atoms with E-state index in [1.54, 1.807) is 0 Å². The van der Waals surface area contributed by atoms with Crippen molar-refractivity contribution in [3.05, 3.63) is 6.15 Å². The van der Waals surface area contributed by atoms with Crippen LogP contribution in [0, 0.1) is 5.41 Å². The first-order valence-electron chi connectivity index (χ1n) is 3.06. The van der Waals surface area contributed by atoms with E-state index < -0.39 is 17.4 Å². The molecule has 8 N–H and O–H groups in total. The van der Waals surface area contributed by atoms with Gasteiger partial charge in [-0.25, -0.2) is 0 Å². The number of carboxylic acids is 2. The Morgan fingerprint density at radius 3 is 1.29 bits per heavy atom. The van der Waals surface area contributed by atoms with Gasteiger partial charge < -0.3 is 27.3 Å². The Morgan fingerprint density at radius 2 is 1.29 bits per heavy atom. The van der Waals surface area contributed by atoms with Gasteiger partial charge in [-0.2, -0.15) is 0 Å². The second-order valence-corrected chi connectivity index (χ2v) is 2.55. The van der Waals surface area contributed by atoms with Crippen LogP contribution in [0.5, 0.6) is 0 Å². The summed E-state index contributed by atoms with van der Waals surface area (Å²) >= 11 is 0. The van der Waals surface area contributed by atoms with E-state index in [0.717, 1.165) is 0 Å². The Morgan fingerprint density at radius 1 is 1.00 bits per heavy atom. The Kier molecular flexibility index (Phi) is 13.1. The topological polar surface area (TPSA) is 171 Å². The first-order valence-corrected chi connectivity index (χ1v) is 3.06. The van der Waals surface area contributed by atoms with Gasteiger partial charge in [-0.1, -0.05) is 0 Å². The second-order valence-electron chi connectivity index (χ2n) is 2.55. The molecule has 0 saturated heterocycles. The molecule has 0 unspecified atom stereocenters. The average Bonchev–Trinajstić information content (AvgIpc) is 1.57. The zero-order valence-electron chi connectivity index (χ0n) is 7.23. The Balaban J connectivity index is -0.000000125. The minimum absolute atomic E-state index is 0. The molecule has 1 saturated carbocycles. The predicted molar refractivity (Wildman–Crippen MR) is 44.1 cm³/mol. The van der Waals surface area contributed by atoms with E-state index in [0.29, 0.717) is 6.42 Å². The molecule has 0 atom stereocenters. The number of carbonyl (C=O) groups is 2. The fourth-order valence-electron chi connectivity index (χ4n) is 1.05. The van der Waals surface area contributed by atoms with Crippen molar-refractivity contribution < 1.29 is 51.8 Å². The fourth-order valence-corrected chi connectivity index (χ4v) is 1.05. The molecule has 0 heterocycles. The molecule has 1 rings (SSSR count). The van der Waals surface area contributed by atoms with Gasteiger partial charge in [0.25, 0.3) is 0 Å². The predicted octanol–water partition coefficient (Wildman–Crippen LogP) is -0.609. The summed E-state index contributed by atoms with van der Waals surface area (Å²) in [6.07, 6.45) is 1.26. The molecule has 0 aromatic rings. The zero-order valence-corrected chi connectivity index (χ0v) is 9.50. The summed E-state index contributed by atoms with van der Waals surface area (Å²) in [4.78, 5) is 20.7. The second kappa shape index (κ2) is 7.87. The molecule has 0 radical (unpaired) electrons. The summed E-state index contributed by atoms with van der Waals surface area (Å²) in [6, 6.07) is 0. The molecule has 14 heavy (non-hydrogen) atoms. The monoisotopic (exact) mass is 391 g/mol. The van der Waals surface area contributed by atoms with Crippen LogP contribution in [0.25, 0.3) is 6.15 Å². The molecule has 0 aromatic heterocycles. The fraction of sp³-hybridized carbons (Fsp3) is 0.667. The van der Waals surface area contributed by atoms with Gasteiger partial charge in [0.15, 0.2) is 5.41 Å². The largest absolute Gasteiger partial charge is 0.693 e. The molecule has 0 aliphatic heterocycles. The SMILES string of the molecule is O.O.O=C(O)C1(C(=O)O)CCC1.[NH2-].[Pt]. The Hall–Kier alpha value is -0.492. The quantitative estimate of drug-likeness (QED) is 0.599. The summed E-state index contributed by atoms with van der Waals surface area (Å²) in [5.74, 6) is -2.41. The molecule has 90 valence electrons. The van der Waals surface area contributed by atoms with Crippen molar-refractivity contribution in [2.75, 3.05) is 0 Å². The molecule has 8 heteroatoms. The number of hydrogen-bond donors (Lipinski definition) is 2. The van der Waals surface area contributed by atoms with E-state index in [-0.39, 0.29) is 51.0 Å². The van der Waals surface area contributed by atoms with Crippen molar-refractivity contribution >= 4 is 11.9 Å². The van der Waals surface area contributed by atoms with E-state index in [1.807, 2.05) is 0 Å². The van der Waals surface area contributed by atoms with Gasteiger partial charge in [-0.05, 0) is 19.3 Å². The van der Waals surface area contributed by atoms with Gasteiger partial charge in [0.05, 0.1) is 0 Å². The number of hydrogen-bond acceptors (Lipinski definition) is 2. The van der Waals surface area contributed by atoms with Crippen molar-refractivity contribution in [1.29, 1.82) is 0 Å². The third-order valence-electron chi connectivity index (χ3n) is 2.03. The van der Waals surface area contributed by atoms with Crippen molar-refractivity contribution in [3.8, 4) is 0 Å². The third-order valence-corrected chi connectivity index (χ3v) is 2.03. The normalized spacial score (nSPS) is 15.1. The summed E-state index contributed by atoms with van der Waals surface area (Å²) in [5, 5.41) is 16.9. The molecule has 1 aliphatic carbocycles. The third kappa shape index (κ3) is 3.34.